The molecule has 1 amide bonds. The van der Waals surface area contributed by atoms with Crippen LogP contribution in [0.4, 0.5) is 0 Å². The Hall–Kier alpha value is -2.17. The first kappa shape index (κ1) is 24.1. The average Bonchev–Trinajstić information content (AvgIpc) is 2.68. The molecule has 2 atom stereocenters. The van der Waals surface area contributed by atoms with Gasteiger partial charge in [-0.25, -0.2) is 18.5 Å². The molecule has 0 aliphatic heterocycles. The van der Waals surface area contributed by atoms with Crippen molar-refractivity contribution in [2.45, 2.75) is 50.3 Å². The summed E-state index contributed by atoms with van der Waals surface area (Å²) in [6.45, 7) is 6.76. The molecule has 2 unspecified atom stereocenters. The number of primary sulfonamides is 1. The largest absolute Gasteiger partial charge is 0.378 e. The molecule has 1 saturated carbocycles. The van der Waals surface area contributed by atoms with E-state index in [0.717, 1.165) is 12.0 Å². The summed E-state index contributed by atoms with van der Waals surface area (Å²) >= 11 is 0. The third-order valence-electron chi connectivity index (χ3n) is 6.17. The summed E-state index contributed by atoms with van der Waals surface area (Å²) in [5.41, 5.74) is 0.447. The third kappa shape index (κ3) is 5.30. The molecule has 10 heteroatoms. The summed E-state index contributed by atoms with van der Waals surface area (Å²) in [6.07, 6.45) is 0.807. The van der Waals surface area contributed by atoms with Gasteiger partial charge in [-0.05, 0) is 31.0 Å². The number of nitrogens with one attached hydrogen (secondary N) is 2. The van der Waals surface area contributed by atoms with Crippen molar-refractivity contribution in [3.63, 3.8) is 0 Å². The first-order valence-corrected chi connectivity index (χ1v) is 11.3. The number of aliphatic imine (C=N–C) groups is 1. The third-order valence-corrected chi connectivity index (χ3v) is 7.10. The first-order valence-electron chi connectivity index (χ1n) is 9.72. The Morgan fingerprint density at radius 3 is 2.33 bits per heavy atom. The van der Waals surface area contributed by atoms with Gasteiger partial charge >= 0.3 is 0 Å². The van der Waals surface area contributed by atoms with Crippen LogP contribution in [0.1, 0.15) is 32.8 Å². The standard InChI is InChI=1S/C20H33N5O4S/c1-19(2)16(11-20(19,3)29-6)24-18(23-13-17(26)25(4)5)22-12-14-7-9-15(10-8-14)30(21,27)28/h7-10,16H,11-13H2,1-6H3,(H2,21,27,28)(H2,22,23,24). The summed E-state index contributed by atoms with van der Waals surface area (Å²) in [4.78, 5) is 18.1. The van der Waals surface area contributed by atoms with Gasteiger partial charge in [0.05, 0.1) is 23.6 Å². The summed E-state index contributed by atoms with van der Waals surface area (Å²) in [5.74, 6) is 0.438. The van der Waals surface area contributed by atoms with Crippen LogP contribution < -0.4 is 15.8 Å². The summed E-state index contributed by atoms with van der Waals surface area (Å²) < 4.78 is 28.5. The van der Waals surface area contributed by atoms with E-state index in [1.165, 1.54) is 17.0 Å². The van der Waals surface area contributed by atoms with Crippen LogP contribution in [0.25, 0.3) is 0 Å². The van der Waals surface area contributed by atoms with Crippen molar-refractivity contribution in [3.8, 4) is 0 Å². The maximum absolute atomic E-state index is 12.0. The minimum atomic E-state index is -3.73. The number of amides is 1. The number of benzene rings is 1. The first-order chi connectivity index (χ1) is 13.8. The summed E-state index contributed by atoms with van der Waals surface area (Å²) in [6, 6.07) is 6.36. The maximum Gasteiger partial charge on any atom is 0.241 e. The average molecular weight is 440 g/mol. The van der Waals surface area contributed by atoms with Crippen molar-refractivity contribution >= 4 is 21.9 Å². The number of carbonyl (C=O) groups is 1. The van der Waals surface area contributed by atoms with Crippen molar-refractivity contribution in [3.05, 3.63) is 29.8 Å². The van der Waals surface area contributed by atoms with Gasteiger partial charge in [-0.15, -0.1) is 0 Å². The number of nitrogens with two attached hydrogens (primary N) is 1. The lowest BCUT2D eigenvalue weighted by Crippen LogP contribution is -2.69. The number of rotatable bonds is 7. The van der Waals surface area contributed by atoms with Crippen molar-refractivity contribution in [1.82, 2.24) is 15.5 Å². The quantitative estimate of drug-likeness (QED) is 0.423. The van der Waals surface area contributed by atoms with Crippen molar-refractivity contribution in [1.29, 1.82) is 0 Å². The number of nitrogens with zero attached hydrogens (tertiary/aromatic N) is 2. The van der Waals surface area contributed by atoms with E-state index in [0.29, 0.717) is 12.5 Å². The van der Waals surface area contributed by atoms with Gasteiger partial charge in [-0.1, -0.05) is 26.0 Å². The molecule has 0 saturated heterocycles. The number of carbonyl (C=O) groups excluding carboxylic acids is 1. The van der Waals surface area contributed by atoms with Crippen LogP contribution in [0.2, 0.25) is 0 Å². The minimum Gasteiger partial charge on any atom is -0.378 e. The topological polar surface area (TPSA) is 126 Å². The number of ether oxygens (including phenoxy) is 1. The van der Waals surface area contributed by atoms with Crippen LogP contribution in [0.3, 0.4) is 0 Å². The maximum atomic E-state index is 12.0. The highest BCUT2D eigenvalue weighted by Gasteiger charge is 2.58. The van der Waals surface area contributed by atoms with E-state index in [-0.39, 0.29) is 34.4 Å². The lowest BCUT2D eigenvalue weighted by atomic mass is 9.56. The highest BCUT2D eigenvalue weighted by atomic mass is 32.2. The van der Waals surface area contributed by atoms with Gasteiger partial charge in [0.2, 0.25) is 15.9 Å². The highest BCUT2D eigenvalue weighted by Crippen LogP contribution is 2.51. The molecule has 2 rings (SSSR count). The second-order valence-corrected chi connectivity index (χ2v) is 10.1. The Morgan fingerprint density at radius 1 is 1.27 bits per heavy atom. The fourth-order valence-electron chi connectivity index (χ4n) is 3.31. The van der Waals surface area contributed by atoms with E-state index in [4.69, 9.17) is 9.88 Å². The Kier molecular flexibility index (Phi) is 7.16. The van der Waals surface area contributed by atoms with Crippen molar-refractivity contribution in [2.24, 2.45) is 15.5 Å². The van der Waals surface area contributed by atoms with Gasteiger partial charge in [0, 0.05) is 32.7 Å². The Morgan fingerprint density at radius 2 is 1.87 bits per heavy atom. The van der Waals surface area contributed by atoms with Crippen molar-refractivity contribution in [2.75, 3.05) is 27.7 Å². The van der Waals surface area contributed by atoms with Gasteiger partial charge in [-0.3, -0.25) is 4.79 Å². The number of sulfonamides is 1. The number of methoxy groups -OCH3 is 1. The fourth-order valence-corrected chi connectivity index (χ4v) is 3.83. The summed E-state index contributed by atoms with van der Waals surface area (Å²) in [7, 11) is 1.37. The molecular weight excluding hydrogens is 406 g/mol. The highest BCUT2D eigenvalue weighted by molar-refractivity contribution is 7.89. The molecule has 9 nitrogen and oxygen atoms in total. The second kappa shape index (κ2) is 8.91. The zero-order valence-electron chi connectivity index (χ0n) is 18.5. The number of hydrogen-bond acceptors (Lipinski definition) is 5. The van der Waals surface area contributed by atoms with Crippen LogP contribution in [0.15, 0.2) is 34.2 Å². The van der Waals surface area contributed by atoms with E-state index in [1.807, 2.05) is 0 Å². The molecule has 0 bridgehead atoms. The predicted octanol–water partition coefficient (Wildman–Crippen LogP) is 0.661. The molecule has 1 aliphatic carbocycles. The molecule has 1 fully saturated rings. The van der Waals surface area contributed by atoms with E-state index >= 15 is 0 Å². The fraction of sp³-hybridized carbons (Fsp3) is 0.600. The number of hydrogen-bond donors (Lipinski definition) is 3. The van der Waals surface area contributed by atoms with E-state index < -0.39 is 10.0 Å². The molecule has 1 aromatic rings. The predicted molar refractivity (Wildman–Crippen MR) is 116 cm³/mol. The molecule has 1 aliphatic rings. The van der Waals surface area contributed by atoms with Crippen LogP contribution in [0, 0.1) is 5.41 Å². The molecule has 168 valence electrons. The molecule has 0 heterocycles. The number of likely N-dealkylation sites (N-methyl/N-ethyl adjacent to an activating group) is 1. The monoisotopic (exact) mass is 439 g/mol. The Labute approximate surface area is 179 Å². The van der Waals surface area contributed by atoms with Gasteiger partial charge in [0.25, 0.3) is 0 Å². The van der Waals surface area contributed by atoms with Crippen LogP contribution in [-0.4, -0.2) is 64.6 Å². The van der Waals surface area contributed by atoms with Gasteiger partial charge in [-0.2, -0.15) is 0 Å². The molecule has 1 aromatic carbocycles. The molecule has 0 aromatic heterocycles. The van der Waals surface area contributed by atoms with Gasteiger partial charge < -0.3 is 20.3 Å². The lowest BCUT2D eigenvalue weighted by molar-refractivity contribution is -0.176. The van der Waals surface area contributed by atoms with E-state index in [2.05, 4.69) is 36.4 Å². The Bertz CT molecular complexity index is 896. The number of guanidine groups is 1. The molecule has 0 radical (unpaired) electrons. The molecular formula is C20H33N5O4S. The zero-order valence-corrected chi connectivity index (χ0v) is 19.3. The SMILES string of the molecule is COC1(C)CC(NC(=NCc2ccc(S(N)(=O)=O)cc2)NCC(=O)N(C)C)C1(C)C. The van der Waals surface area contributed by atoms with E-state index in [1.54, 1.807) is 33.3 Å². The normalized spacial score (nSPS) is 23.4. The minimum absolute atomic E-state index is 0.0540. The molecule has 0 spiro atoms. The van der Waals surface area contributed by atoms with Crippen LogP contribution >= 0.6 is 0 Å². The Balaban J connectivity index is 2.14. The lowest BCUT2D eigenvalue weighted by Gasteiger charge is -2.59. The van der Waals surface area contributed by atoms with Gasteiger partial charge in [0.15, 0.2) is 5.96 Å². The van der Waals surface area contributed by atoms with Crippen molar-refractivity contribution < 1.29 is 17.9 Å². The van der Waals surface area contributed by atoms with Gasteiger partial charge in [0.1, 0.15) is 0 Å². The molecule has 4 N–H and O–H groups in total. The smallest absolute Gasteiger partial charge is 0.241 e. The molecule has 30 heavy (non-hydrogen) atoms. The second-order valence-electron chi connectivity index (χ2n) is 8.55. The summed E-state index contributed by atoms with van der Waals surface area (Å²) in [5, 5.41) is 11.6. The van der Waals surface area contributed by atoms with E-state index in [9.17, 15) is 13.2 Å². The van der Waals surface area contributed by atoms with Crippen LogP contribution in [-0.2, 0) is 26.1 Å². The zero-order chi connectivity index (χ0) is 22.7. The van der Waals surface area contributed by atoms with Crippen LogP contribution in [0.5, 0.6) is 0 Å².